The Bertz CT molecular complexity index is 173. The summed E-state index contributed by atoms with van der Waals surface area (Å²) in [7, 11) is 0. The van der Waals surface area contributed by atoms with Crippen LogP contribution in [0.15, 0.2) is 0 Å². The molecule has 13 heavy (non-hydrogen) atoms. The summed E-state index contributed by atoms with van der Waals surface area (Å²) in [4.78, 5) is 11.0. The maximum absolute atomic E-state index is 11.0. The normalized spacial score (nSPS) is 23.0. The molecule has 0 bridgehead atoms. The molecular formula is C11H21NO. The highest BCUT2D eigenvalue weighted by Crippen LogP contribution is 2.30. The zero-order valence-electron chi connectivity index (χ0n) is 8.75. The van der Waals surface area contributed by atoms with Crippen LogP contribution in [0.5, 0.6) is 0 Å². The molecule has 76 valence electrons. The molecule has 2 N–H and O–H groups in total. The van der Waals surface area contributed by atoms with Crippen molar-refractivity contribution in [2.24, 2.45) is 17.6 Å². The van der Waals surface area contributed by atoms with Gasteiger partial charge in [-0.15, -0.1) is 0 Å². The summed E-state index contributed by atoms with van der Waals surface area (Å²) >= 11 is 0. The lowest BCUT2D eigenvalue weighted by Crippen LogP contribution is -2.35. The van der Waals surface area contributed by atoms with E-state index in [1.807, 2.05) is 0 Å². The molecule has 1 aliphatic rings. The van der Waals surface area contributed by atoms with Crippen molar-refractivity contribution in [3.05, 3.63) is 0 Å². The lowest BCUT2D eigenvalue weighted by molar-refractivity contribution is -0.119. The molecule has 0 aromatic carbocycles. The molecule has 0 saturated heterocycles. The standard InChI is InChI=1S/C11H21NO/c1-8(11(12)9(2)13)7-10-5-3-4-6-10/h8,10-11H,3-7,12H2,1-2H3. The Morgan fingerprint density at radius 1 is 1.46 bits per heavy atom. The van der Waals surface area contributed by atoms with E-state index in [-0.39, 0.29) is 11.8 Å². The predicted molar refractivity (Wildman–Crippen MR) is 54.4 cm³/mol. The molecule has 1 saturated carbocycles. The zero-order valence-corrected chi connectivity index (χ0v) is 8.75. The third-order valence-electron chi connectivity index (χ3n) is 3.26. The molecule has 0 radical (unpaired) electrons. The van der Waals surface area contributed by atoms with Crippen molar-refractivity contribution in [1.82, 2.24) is 0 Å². The van der Waals surface area contributed by atoms with Gasteiger partial charge >= 0.3 is 0 Å². The van der Waals surface area contributed by atoms with Crippen molar-refractivity contribution >= 4 is 5.78 Å². The molecule has 0 heterocycles. The van der Waals surface area contributed by atoms with E-state index in [0.717, 1.165) is 12.3 Å². The van der Waals surface area contributed by atoms with E-state index in [9.17, 15) is 4.79 Å². The predicted octanol–water partition coefficient (Wildman–Crippen LogP) is 2.12. The first-order valence-corrected chi connectivity index (χ1v) is 5.37. The van der Waals surface area contributed by atoms with E-state index in [1.165, 1.54) is 25.7 Å². The molecule has 2 heteroatoms. The van der Waals surface area contributed by atoms with Crippen LogP contribution < -0.4 is 5.73 Å². The average Bonchev–Trinajstić information content (AvgIpc) is 2.55. The molecule has 2 nitrogen and oxygen atoms in total. The second-order valence-corrected chi connectivity index (χ2v) is 4.50. The highest BCUT2D eigenvalue weighted by atomic mass is 16.1. The number of Topliss-reactive ketones (excluding diaryl/α,β-unsaturated/α-hetero) is 1. The van der Waals surface area contributed by atoms with Crippen LogP contribution in [-0.2, 0) is 4.79 Å². The van der Waals surface area contributed by atoms with Crippen LogP contribution in [0.1, 0.15) is 46.0 Å². The first-order valence-electron chi connectivity index (χ1n) is 5.37. The lowest BCUT2D eigenvalue weighted by Gasteiger charge is -2.20. The van der Waals surface area contributed by atoms with Crippen molar-refractivity contribution in [1.29, 1.82) is 0 Å². The smallest absolute Gasteiger partial charge is 0.146 e. The van der Waals surface area contributed by atoms with Gasteiger partial charge in [0, 0.05) is 0 Å². The summed E-state index contributed by atoms with van der Waals surface area (Å²) < 4.78 is 0. The van der Waals surface area contributed by atoms with Gasteiger partial charge in [-0.25, -0.2) is 0 Å². The van der Waals surface area contributed by atoms with Crippen LogP contribution in [0.2, 0.25) is 0 Å². The second kappa shape index (κ2) is 4.75. The second-order valence-electron chi connectivity index (χ2n) is 4.50. The Kier molecular flexibility index (Phi) is 3.91. The summed E-state index contributed by atoms with van der Waals surface area (Å²) in [6.07, 6.45) is 6.56. The van der Waals surface area contributed by atoms with E-state index >= 15 is 0 Å². The van der Waals surface area contributed by atoms with Crippen LogP contribution in [-0.4, -0.2) is 11.8 Å². The van der Waals surface area contributed by atoms with E-state index in [0.29, 0.717) is 5.92 Å². The van der Waals surface area contributed by atoms with Crippen molar-refractivity contribution in [2.75, 3.05) is 0 Å². The van der Waals surface area contributed by atoms with Gasteiger partial charge in [0.1, 0.15) is 5.78 Å². The van der Waals surface area contributed by atoms with Crippen LogP contribution in [0.25, 0.3) is 0 Å². The fourth-order valence-corrected chi connectivity index (χ4v) is 2.32. The molecule has 2 atom stereocenters. The monoisotopic (exact) mass is 183 g/mol. The average molecular weight is 183 g/mol. The quantitative estimate of drug-likeness (QED) is 0.725. The van der Waals surface area contributed by atoms with Gasteiger partial charge in [-0.1, -0.05) is 32.6 Å². The molecule has 0 aromatic rings. The van der Waals surface area contributed by atoms with Gasteiger partial charge in [0.15, 0.2) is 0 Å². The largest absolute Gasteiger partial charge is 0.321 e. The van der Waals surface area contributed by atoms with Gasteiger partial charge in [-0.3, -0.25) is 4.79 Å². The third kappa shape index (κ3) is 3.11. The highest BCUT2D eigenvalue weighted by Gasteiger charge is 2.23. The minimum atomic E-state index is -0.236. The van der Waals surface area contributed by atoms with Gasteiger partial charge in [-0.2, -0.15) is 0 Å². The number of carbonyl (C=O) groups is 1. The van der Waals surface area contributed by atoms with Gasteiger partial charge in [-0.05, 0) is 25.2 Å². The molecule has 1 aliphatic carbocycles. The van der Waals surface area contributed by atoms with E-state index in [1.54, 1.807) is 6.92 Å². The summed E-state index contributed by atoms with van der Waals surface area (Å²) in [6, 6.07) is -0.236. The topological polar surface area (TPSA) is 43.1 Å². The van der Waals surface area contributed by atoms with E-state index in [2.05, 4.69) is 6.92 Å². The summed E-state index contributed by atoms with van der Waals surface area (Å²) in [5, 5.41) is 0. The fraction of sp³-hybridized carbons (Fsp3) is 0.909. The van der Waals surface area contributed by atoms with Crippen molar-refractivity contribution in [3.8, 4) is 0 Å². The summed E-state index contributed by atoms with van der Waals surface area (Å²) in [6.45, 7) is 3.69. The van der Waals surface area contributed by atoms with Gasteiger partial charge in [0.25, 0.3) is 0 Å². The van der Waals surface area contributed by atoms with E-state index < -0.39 is 0 Å². The van der Waals surface area contributed by atoms with Gasteiger partial charge in [0.05, 0.1) is 6.04 Å². The van der Waals surface area contributed by atoms with Crippen molar-refractivity contribution in [3.63, 3.8) is 0 Å². The van der Waals surface area contributed by atoms with Crippen LogP contribution >= 0.6 is 0 Å². The molecule has 0 aromatic heterocycles. The van der Waals surface area contributed by atoms with E-state index in [4.69, 9.17) is 5.73 Å². The maximum Gasteiger partial charge on any atom is 0.146 e. The molecule has 1 fully saturated rings. The van der Waals surface area contributed by atoms with Gasteiger partial charge in [0.2, 0.25) is 0 Å². The highest BCUT2D eigenvalue weighted by molar-refractivity contribution is 5.81. The number of nitrogens with two attached hydrogens (primary N) is 1. The fourth-order valence-electron chi connectivity index (χ4n) is 2.32. The first-order chi connectivity index (χ1) is 6.11. The Balaban J connectivity index is 2.30. The van der Waals surface area contributed by atoms with Gasteiger partial charge < -0.3 is 5.73 Å². The zero-order chi connectivity index (χ0) is 9.84. The number of carbonyl (C=O) groups excluding carboxylic acids is 1. The number of hydrogen-bond donors (Lipinski definition) is 1. The van der Waals surface area contributed by atoms with Crippen molar-refractivity contribution < 1.29 is 4.79 Å². The first kappa shape index (κ1) is 10.7. The SMILES string of the molecule is CC(=O)C(N)C(C)CC1CCCC1. The van der Waals surface area contributed by atoms with Crippen LogP contribution in [0.4, 0.5) is 0 Å². The molecule has 2 unspecified atom stereocenters. The number of hydrogen-bond acceptors (Lipinski definition) is 2. The minimum Gasteiger partial charge on any atom is -0.321 e. The molecule has 0 aliphatic heterocycles. The molecule has 0 amide bonds. The number of rotatable bonds is 4. The Hall–Kier alpha value is -0.370. The summed E-state index contributed by atoms with van der Waals surface area (Å²) in [5.41, 5.74) is 5.79. The minimum absolute atomic E-state index is 0.130. The van der Waals surface area contributed by atoms with Crippen molar-refractivity contribution in [2.45, 2.75) is 52.0 Å². The van der Waals surface area contributed by atoms with Crippen LogP contribution in [0, 0.1) is 11.8 Å². The number of ketones is 1. The Morgan fingerprint density at radius 3 is 2.46 bits per heavy atom. The third-order valence-corrected chi connectivity index (χ3v) is 3.26. The Labute approximate surface area is 80.9 Å². The Morgan fingerprint density at radius 2 is 2.00 bits per heavy atom. The van der Waals surface area contributed by atoms with Crippen LogP contribution in [0.3, 0.4) is 0 Å². The molecule has 0 spiro atoms. The lowest BCUT2D eigenvalue weighted by atomic mass is 9.88. The summed E-state index contributed by atoms with van der Waals surface area (Å²) in [5.74, 6) is 1.33. The maximum atomic E-state index is 11.0. The molecular weight excluding hydrogens is 162 g/mol. The molecule has 1 rings (SSSR count).